The van der Waals surface area contributed by atoms with E-state index in [0.29, 0.717) is 6.54 Å². The summed E-state index contributed by atoms with van der Waals surface area (Å²) in [4.78, 5) is 15.9. The van der Waals surface area contributed by atoms with E-state index >= 15 is 0 Å². The zero-order valence-corrected chi connectivity index (χ0v) is 11.7. The maximum atomic E-state index is 11.6. The van der Waals surface area contributed by atoms with Gasteiger partial charge in [0, 0.05) is 18.9 Å². The van der Waals surface area contributed by atoms with Crippen molar-refractivity contribution in [1.82, 2.24) is 14.9 Å². The van der Waals surface area contributed by atoms with Gasteiger partial charge in [0.1, 0.15) is 5.82 Å². The van der Waals surface area contributed by atoms with Gasteiger partial charge in [0.05, 0.1) is 12.1 Å². The number of rotatable bonds is 7. The molecule has 0 saturated heterocycles. The van der Waals surface area contributed by atoms with Gasteiger partial charge >= 0.3 is 0 Å². The third-order valence-electron chi connectivity index (χ3n) is 3.55. The van der Waals surface area contributed by atoms with E-state index in [-0.39, 0.29) is 11.8 Å². The lowest BCUT2D eigenvalue weighted by Crippen LogP contribution is -2.56. The second-order valence-corrected chi connectivity index (χ2v) is 5.11. The minimum Gasteiger partial charge on any atom is -0.368 e. The summed E-state index contributed by atoms with van der Waals surface area (Å²) in [5, 5.41) is 3.24. The summed E-state index contributed by atoms with van der Waals surface area (Å²) in [5.74, 6) is 0.737. The van der Waals surface area contributed by atoms with E-state index < -0.39 is 5.54 Å². The van der Waals surface area contributed by atoms with Gasteiger partial charge in [0.25, 0.3) is 0 Å². The molecule has 0 aliphatic heterocycles. The van der Waals surface area contributed by atoms with Crippen LogP contribution in [0.1, 0.15) is 39.9 Å². The van der Waals surface area contributed by atoms with Gasteiger partial charge in [0.15, 0.2) is 0 Å². The second-order valence-electron chi connectivity index (χ2n) is 5.11. The molecule has 0 spiro atoms. The average Bonchev–Trinajstić information content (AvgIpc) is 2.73. The highest BCUT2D eigenvalue weighted by Gasteiger charge is 2.34. The van der Waals surface area contributed by atoms with Crippen LogP contribution in [0.4, 0.5) is 0 Å². The molecule has 0 saturated carbocycles. The zero-order valence-electron chi connectivity index (χ0n) is 11.7. The number of amides is 1. The molecule has 102 valence electrons. The maximum Gasteiger partial charge on any atom is 0.237 e. The number of carbonyl (C=O) groups excluding carboxylic acids is 1. The SMILES string of the molecule is CCCn1ccnc1CNC(C)(C(N)=O)C(C)C. The molecule has 1 aromatic heterocycles. The zero-order chi connectivity index (χ0) is 13.8. The van der Waals surface area contributed by atoms with Crippen molar-refractivity contribution < 1.29 is 4.79 Å². The molecule has 0 bridgehead atoms. The van der Waals surface area contributed by atoms with Crippen LogP contribution in [0.15, 0.2) is 12.4 Å². The molecule has 1 atom stereocenters. The fourth-order valence-electron chi connectivity index (χ4n) is 1.79. The molecule has 3 N–H and O–H groups in total. The van der Waals surface area contributed by atoms with Crippen LogP contribution in [0.3, 0.4) is 0 Å². The summed E-state index contributed by atoms with van der Waals surface area (Å²) in [7, 11) is 0. The molecule has 0 radical (unpaired) electrons. The van der Waals surface area contributed by atoms with Crippen LogP contribution in [0.2, 0.25) is 0 Å². The Bertz CT molecular complexity index is 399. The fourth-order valence-corrected chi connectivity index (χ4v) is 1.79. The summed E-state index contributed by atoms with van der Waals surface area (Å²) in [5.41, 5.74) is 4.77. The molecule has 1 aromatic rings. The number of hydrogen-bond acceptors (Lipinski definition) is 3. The fraction of sp³-hybridized carbons (Fsp3) is 0.692. The minimum atomic E-state index is -0.705. The van der Waals surface area contributed by atoms with Crippen LogP contribution in [-0.2, 0) is 17.9 Å². The maximum absolute atomic E-state index is 11.6. The molecular weight excluding hydrogens is 228 g/mol. The lowest BCUT2D eigenvalue weighted by molar-refractivity contribution is -0.125. The molecule has 5 nitrogen and oxygen atoms in total. The van der Waals surface area contributed by atoms with Gasteiger partial charge in [-0.2, -0.15) is 0 Å². The number of nitrogens with zero attached hydrogens (tertiary/aromatic N) is 2. The van der Waals surface area contributed by atoms with E-state index in [1.165, 1.54) is 0 Å². The third-order valence-corrected chi connectivity index (χ3v) is 3.55. The normalized spacial score (nSPS) is 14.7. The van der Waals surface area contributed by atoms with Gasteiger partial charge < -0.3 is 10.3 Å². The number of primary amides is 1. The molecule has 1 unspecified atom stereocenters. The molecule has 0 aromatic carbocycles. The molecule has 18 heavy (non-hydrogen) atoms. The number of hydrogen-bond donors (Lipinski definition) is 2. The van der Waals surface area contributed by atoms with E-state index in [1.807, 2.05) is 27.0 Å². The van der Waals surface area contributed by atoms with Gasteiger partial charge in [-0.15, -0.1) is 0 Å². The molecular formula is C13H24N4O. The Labute approximate surface area is 109 Å². The van der Waals surface area contributed by atoms with E-state index in [4.69, 9.17) is 5.73 Å². The van der Waals surface area contributed by atoms with Crippen LogP contribution in [-0.4, -0.2) is 21.0 Å². The summed E-state index contributed by atoms with van der Waals surface area (Å²) in [6.07, 6.45) is 4.79. The van der Waals surface area contributed by atoms with E-state index in [1.54, 1.807) is 6.20 Å². The molecule has 1 amide bonds. The van der Waals surface area contributed by atoms with Crippen molar-refractivity contribution in [3.8, 4) is 0 Å². The number of nitrogens with one attached hydrogen (secondary N) is 1. The Morgan fingerprint density at radius 1 is 1.61 bits per heavy atom. The molecule has 1 rings (SSSR count). The highest BCUT2D eigenvalue weighted by atomic mass is 16.1. The Kier molecular flexibility index (Phi) is 4.90. The molecule has 0 aliphatic carbocycles. The van der Waals surface area contributed by atoms with E-state index in [9.17, 15) is 4.79 Å². The van der Waals surface area contributed by atoms with E-state index in [2.05, 4.69) is 21.8 Å². The number of nitrogens with two attached hydrogens (primary N) is 1. The van der Waals surface area contributed by atoms with Crippen molar-refractivity contribution in [3.63, 3.8) is 0 Å². The Morgan fingerprint density at radius 2 is 2.28 bits per heavy atom. The monoisotopic (exact) mass is 252 g/mol. The topological polar surface area (TPSA) is 72.9 Å². The largest absolute Gasteiger partial charge is 0.368 e. The number of aryl methyl sites for hydroxylation is 1. The van der Waals surface area contributed by atoms with E-state index in [0.717, 1.165) is 18.8 Å². The molecule has 1 heterocycles. The van der Waals surface area contributed by atoms with Crippen LogP contribution in [0.5, 0.6) is 0 Å². The van der Waals surface area contributed by atoms with Crippen LogP contribution >= 0.6 is 0 Å². The quantitative estimate of drug-likeness (QED) is 0.768. The second kappa shape index (κ2) is 6.00. The van der Waals surface area contributed by atoms with Crippen molar-refractivity contribution >= 4 is 5.91 Å². The van der Waals surface area contributed by atoms with Crippen molar-refractivity contribution in [2.75, 3.05) is 0 Å². The van der Waals surface area contributed by atoms with Gasteiger partial charge in [0.2, 0.25) is 5.91 Å². The van der Waals surface area contributed by atoms with Gasteiger partial charge in [-0.25, -0.2) is 4.98 Å². The van der Waals surface area contributed by atoms with Crippen molar-refractivity contribution in [1.29, 1.82) is 0 Å². The first-order valence-electron chi connectivity index (χ1n) is 6.46. The van der Waals surface area contributed by atoms with Crippen LogP contribution in [0, 0.1) is 5.92 Å². The smallest absolute Gasteiger partial charge is 0.237 e. The Hall–Kier alpha value is -1.36. The summed E-state index contributed by atoms with van der Waals surface area (Å²) >= 11 is 0. The highest BCUT2D eigenvalue weighted by molar-refractivity contribution is 5.84. The minimum absolute atomic E-state index is 0.129. The molecule has 0 fully saturated rings. The van der Waals surface area contributed by atoms with Crippen molar-refractivity contribution in [2.24, 2.45) is 11.7 Å². The third kappa shape index (κ3) is 3.10. The van der Waals surface area contributed by atoms with Crippen LogP contribution in [0.25, 0.3) is 0 Å². The van der Waals surface area contributed by atoms with Crippen molar-refractivity contribution in [2.45, 2.75) is 52.7 Å². The van der Waals surface area contributed by atoms with Crippen molar-refractivity contribution in [3.05, 3.63) is 18.2 Å². The van der Waals surface area contributed by atoms with Gasteiger partial charge in [-0.05, 0) is 19.3 Å². The van der Waals surface area contributed by atoms with Gasteiger partial charge in [-0.3, -0.25) is 10.1 Å². The van der Waals surface area contributed by atoms with Gasteiger partial charge in [-0.1, -0.05) is 20.8 Å². The lowest BCUT2D eigenvalue weighted by atomic mass is 9.87. The Balaban J connectivity index is 2.73. The highest BCUT2D eigenvalue weighted by Crippen LogP contribution is 2.16. The summed E-state index contributed by atoms with van der Waals surface area (Å²) < 4.78 is 2.09. The average molecular weight is 252 g/mol. The predicted molar refractivity (Wildman–Crippen MR) is 71.8 cm³/mol. The Morgan fingerprint density at radius 3 is 2.78 bits per heavy atom. The first-order valence-corrected chi connectivity index (χ1v) is 6.46. The first kappa shape index (κ1) is 14.7. The summed E-state index contributed by atoms with van der Waals surface area (Å²) in [6.45, 7) is 9.41. The number of aromatic nitrogens is 2. The number of carbonyl (C=O) groups is 1. The lowest BCUT2D eigenvalue weighted by Gasteiger charge is -2.31. The standard InChI is InChI=1S/C13H24N4O/c1-5-7-17-8-6-15-11(17)9-16-13(4,10(2)3)12(14)18/h6,8,10,16H,5,7,9H2,1-4H3,(H2,14,18). The predicted octanol–water partition coefficient (Wildman–Crippen LogP) is 1.28. The van der Waals surface area contributed by atoms with Crippen LogP contribution < -0.4 is 11.1 Å². The molecule has 0 aliphatic rings. The first-order chi connectivity index (χ1) is 8.41. The summed E-state index contributed by atoms with van der Waals surface area (Å²) in [6, 6.07) is 0. The number of imidazole rings is 1. The molecule has 5 heteroatoms.